The number of carbonyl (C=O) groups is 2. The molecule has 0 radical (unpaired) electrons. The summed E-state index contributed by atoms with van der Waals surface area (Å²) >= 11 is 1.51. The molecule has 4 nitrogen and oxygen atoms in total. The molecule has 0 heterocycles. The van der Waals surface area contributed by atoms with E-state index in [0.29, 0.717) is 18.7 Å². The minimum atomic E-state index is -0.563. The lowest BCUT2D eigenvalue weighted by atomic mass is 10.0. The summed E-state index contributed by atoms with van der Waals surface area (Å²) in [5, 5.41) is 3.25. The number of amides is 2. The molecule has 1 atom stereocenters. The van der Waals surface area contributed by atoms with Crippen molar-refractivity contribution in [1.29, 1.82) is 0 Å². The first-order valence-corrected chi connectivity index (χ1v) is 13.0. The van der Waals surface area contributed by atoms with Crippen molar-refractivity contribution in [2.45, 2.75) is 55.6 Å². The van der Waals surface area contributed by atoms with Crippen molar-refractivity contribution in [2.24, 2.45) is 0 Å². The van der Waals surface area contributed by atoms with Gasteiger partial charge in [-0.05, 0) is 36.1 Å². The molecule has 4 rings (SSSR count). The predicted octanol–water partition coefficient (Wildman–Crippen LogP) is 5.48. The van der Waals surface area contributed by atoms with Gasteiger partial charge in [0, 0.05) is 23.9 Å². The molecule has 0 spiro atoms. The number of hydrogen-bond acceptors (Lipinski definition) is 3. The van der Waals surface area contributed by atoms with Gasteiger partial charge in [-0.1, -0.05) is 91.7 Å². The fraction of sp³-hybridized carbons (Fsp3) is 0.310. The summed E-state index contributed by atoms with van der Waals surface area (Å²) in [5.74, 6) is 0.212. The van der Waals surface area contributed by atoms with Gasteiger partial charge in [0.1, 0.15) is 6.04 Å². The average Bonchev–Trinajstić information content (AvgIpc) is 3.39. The lowest BCUT2D eigenvalue weighted by molar-refractivity contribution is -0.139. The molecule has 34 heavy (non-hydrogen) atoms. The van der Waals surface area contributed by atoms with E-state index in [1.807, 2.05) is 91.0 Å². The SMILES string of the molecule is O=C(NC1CCCC1)C(Cc1ccccc1)N(Cc1ccccc1)C(=O)CSc1ccccc1. The molecule has 3 aromatic carbocycles. The molecule has 1 aliphatic rings. The normalized spacial score (nSPS) is 14.5. The second-order valence-corrected chi connectivity index (χ2v) is 9.85. The summed E-state index contributed by atoms with van der Waals surface area (Å²) < 4.78 is 0. The van der Waals surface area contributed by atoms with Crippen molar-refractivity contribution in [1.82, 2.24) is 10.2 Å². The van der Waals surface area contributed by atoms with Gasteiger partial charge in [0.2, 0.25) is 11.8 Å². The maximum atomic E-state index is 13.6. The highest BCUT2D eigenvalue weighted by Crippen LogP contribution is 2.22. The number of thioether (sulfide) groups is 1. The van der Waals surface area contributed by atoms with Crippen LogP contribution < -0.4 is 5.32 Å². The third-order valence-electron chi connectivity index (χ3n) is 6.27. The molecular formula is C29H32N2O2S. The van der Waals surface area contributed by atoms with E-state index < -0.39 is 6.04 Å². The van der Waals surface area contributed by atoms with E-state index in [2.05, 4.69) is 5.32 Å². The lowest BCUT2D eigenvalue weighted by Gasteiger charge is -2.32. The smallest absolute Gasteiger partial charge is 0.243 e. The van der Waals surface area contributed by atoms with Crippen LogP contribution in [-0.4, -0.2) is 34.6 Å². The molecule has 1 aliphatic carbocycles. The van der Waals surface area contributed by atoms with Crippen LogP contribution in [0.1, 0.15) is 36.8 Å². The predicted molar refractivity (Wildman–Crippen MR) is 138 cm³/mol. The van der Waals surface area contributed by atoms with E-state index in [1.54, 1.807) is 4.90 Å². The summed E-state index contributed by atoms with van der Waals surface area (Å²) in [6.07, 6.45) is 4.82. The Kier molecular flexibility index (Phi) is 8.80. The molecule has 176 valence electrons. The summed E-state index contributed by atoms with van der Waals surface area (Å²) in [5.41, 5.74) is 2.07. The molecular weight excluding hydrogens is 440 g/mol. The second-order valence-electron chi connectivity index (χ2n) is 8.80. The van der Waals surface area contributed by atoms with Crippen molar-refractivity contribution in [3.63, 3.8) is 0 Å². The molecule has 1 N–H and O–H groups in total. The summed E-state index contributed by atoms with van der Waals surface area (Å²) in [6.45, 7) is 0.407. The maximum Gasteiger partial charge on any atom is 0.243 e. The van der Waals surface area contributed by atoms with Crippen LogP contribution in [0.3, 0.4) is 0 Å². The van der Waals surface area contributed by atoms with Crippen molar-refractivity contribution in [2.75, 3.05) is 5.75 Å². The number of rotatable bonds is 10. The highest BCUT2D eigenvalue weighted by atomic mass is 32.2. The number of nitrogens with zero attached hydrogens (tertiary/aromatic N) is 1. The number of nitrogens with one attached hydrogen (secondary N) is 1. The number of carbonyl (C=O) groups excluding carboxylic acids is 2. The largest absolute Gasteiger partial charge is 0.352 e. The Labute approximate surface area is 206 Å². The number of hydrogen-bond donors (Lipinski definition) is 1. The Bertz CT molecular complexity index is 1040. The maximum absolute atomic E-state index is 13.6. The average molecular weight is 473 g/mol. The molecule has 0 bridgehead atoms. The zero-order valence-corrected chi connectivity index (χ0v) is 20.3. The molecule has 2 amide bonds. The Morgan fingerprint density at radius 3 is 2.00 bits per heavy atom. The lowest BCUT2D eigenvalue weighted by Crippen LogP contribution is -2.52. The van der Waals surface area contributed by atoms with Gasteiger partial charge in [0.15, 0.2) is 0 Å². The van der Waals surface area contributed by atoms with Crippen molar-refractivity contribution in [3.8, 4) is 0 Å². The van der Waals surface area contributed by atoms with Crippen molar-refractivity contribution >= 4 is 23.6 Å². The topological polar surface area (TPSA) is 49.4 Å². The molecule has 5 heteroatoms. The molecule has 0 aromatic heterocycles. The van der Waals surface area contributed by atoms with Crippen LogP contribution in [0, 0.1) is 0 Å². The molecule has 1 fully saturated rings. The van der Waals surface area contributed by atoms with Gasteiger partial charge < -0.3 is 10.2 Å². The van der Waals surface area contributed by atoms with Crippen molar-refractivity contribution < 1.29 is 9.59 Å². The van der Waals surface area contributed by atoms with Gasteiger partial charge in [0.05, 0.1) is 5.75 Å². The van der Waals surface area contributed by atoms with Crippen LogP contribution in [-0.2, 0) is 22.6 Å². The first-order valence-electron chi connectivity index (χ1n) is 12.0. The monoisotopic (exact) mass is 472 g/mol. The first kappa shape index (κ1) is 24.1. The third-order valence-corrected chi connectivity index (χ3v) is 7.27. The molecule has 1 saturated carbocycles. The van der Waals surface area contributed by atoms with E-state index in [9.17, 15) is 9.59 Å². The van der Waals surface area contributed by atoms with Gasteiger partial charge in [-0.2, -0.15) is 0 Å². The Morgan fingerprint density at radius 1 is 0.824 bits per heavy atom. The second kappa shape index (κ2) is 12.4. The van der Waals surface area contributed by atoms with Gasteiger partial charge in [-0.15, -0.1) is 11.8 Å². The third kappa shape index (κ3) is 6.97. The quantitative estimate of drug-likeness (QED) is 0.398. The van der Waals surface area contributed by atoms with Crippen LogP contribution in [0.25, 0.3) is 0 Å². The van der Waals surface area contributed by atoms with Gasteiger partial charge in [0.25, 0.3) is 0 Å². The fourth-order valence-corrected chi connectivity index (χ4v) is 5.25. The molecule has 1 unspecified atom stereocenters. The van der Waals surface area contributed by atoms with Crippen LogP contribution in [0.5, 0.6) is 0 Å². The van der Waals surface area contributed by atoms with E-state index in [0.717, 1.165) is 41.7 Å². The Balaban J connectivity index is 1.59. The Hall–Kier alpha value is -3.05. The molecule has 3 aromatic rings. The van der Waals surface area contributed by atoms with Gasteiger partial charge in [-0.25, -0.2) is 0 Å². The molecule has 0 saturated heterocycles. The minimum Gasteiger partial charge on any atom is -0.352 e. The molecule has 0 aliphatic heterocycles. The fourth-order valence-electron chi connectivity index (χ4n) is 4.45. The zero-order valence-electron chi connectivity index (χ0n) is 19.4. The highest BCUT2D eigenvalue weighted by Gasteiger charge is 2.32. The zero-order chi connectivity index (χ0) is 23.6. The van der Waals surface area contributed by atoms with Crippen LogP contribution >= 0.6 is 11.8 Å². The van der Waals surface area contributed by atoms with E-state index in [-0.39, 0.29) is 17.9 Å². The van der Waals surface area contributed by atoms with Crippen molar-refractivity contribution in [3.05, 3.63) is 102 Å². The first-order chi connectivity index (χ1) is 16.7. The van der Waals surface area contributed by atoms with Crippen LogP contribution in [0.2, 0.25) is 0 Å². The van der Waals surface area contributed by atoms with Gasteiger partial charge >= 0.3 is 0 Å². The number of benzene rings is 3. The summed E-state index contributed by atoms with van der Waals surface area (Å²) in [4.78, 5) is 30.0. The van der Waals surface area contributed by atoms with E-state index >= 15 is 0 Å². The Morgan fingerprint density at radius 2 is 1.38 bits per heavy atom. The van der Waals surface area contributed by atoms with Crippen LogP contribution in [0.4, 0.5) is 0 Å². The van der Waals surface area contributed by atoms with E-state index in [4.69, 9.17) is 0 Å². The van der Waals surface area contributed by atoms with Crippen LogP contribution in [0.15, 0.2) is 95.9 Å². The summed E-state index contributed by atoms with van der Waals surface area (Å²) in [6, 6.07) is 29.5. The highest BCUT2D eigenvalue weighted by molar-refractivity contribution is 8.00. The minimum absolute atomic E-state index is 0.0276. The van der Waals surface area contributed by atoms with E-state index in [1.165, 1.54) is 11.8 Å². The standard InChI is InChI=1S/C29H32N2O2S/c32-28(22-34-26-18-8-3-9-19-26)31(21-24-14-6-2-7-15-24)27(20-23-12-4-1-5-13-23)29(33)30-25-16-10-11-17-25/h1-9,12-15,18-19,25,27H,10-11,16-17,20-22H2,(H,30,33). The summed E-state index contributed by atoms with van der Waals surface area (Å²) in [7, 11) is 0. The van der Waals surface area contributed by atoms with Gasteiger partial charge in [-0.3, -0.25) is 9.59 Å².